The van der Waals surface area contributed by atoms with E-state index < -0.39 is 0 Å². The van der Waals surface area contributed by atoms with Crippen LogP contribution in [0.5, 0.6) is 0 Å². The van der Waals surface area contributed by atoms with Crippen molar-refractivity contribution >= 4 is 35.0 Å². The van der Waals surface area contributed by atoms with E-state index in [2.05, 4.69) is 22.4 Å². The Labute approximate surface area is 196 Å². The van der Waals surface area contributed by atoms with Gasteiger partial charge in [-0.1, -0.05) is 78.3 Å². The van der Waals surface area contributed by atoms with Gasteiger partial charge in [-0.25, -0.2) is 0 Å². The molecule has 0 saturated carbocycles. The number of anilines is 1. The molecule has 4 rings (SSSR count). The molecule has 7 heteroatoms. The topological polar surface area (TPSA) is 59.8 Å². The van der Waals surface area contributed by atoms with Crippen LogP contribution in [-0.2, 0) is 11.2 Å². The Kier molecular flexibility index (Phi) is 6.93. The number of nitrogens with one attached hydrogen (secondary N) is 1. The number of carbonyl (C=O) groups excluding carboxylic acids is 1. The van der Waals surface area contributed by atoms with Gasteiger partial charge in [0.05, 0.1) is 5.75 Å². The van der Waals surface area contributed by atoms with Crippen LogP contribution in [0.15, 0.2) is 78.0 Å². The third kappa shape index (κ3) is 5.03. The molecule has 1 heterocycles. The second kappa shape index (κ2) is 10.0. The fourth-order valence-corrected chi connectivity index (χ4v) is 4.31. The van der Waals surface area contributed by atoms with Gasteiger partial charge in [0.2, 0.25) is 5.91 Å². The zero-order valence-electron chi connectivity index (χ0n) is 17.9. The summed E-state index contributed by atoms with van der Waals surface area (Å²) in [4.78, 5) is 12.7. The Balaban J connectivity index is 1.61. The number of amides is 1. The molecule has 3 aromatic carbocycles. The summed E-state index contributed by atoms with van der Waals surface area (Å²) in [6.45, 7) is 4.11. The molecule has 0 aliphatic heterocycles. The van der Waals surface area contributed by atoms with Gasteiger partial charge >= 0.3 is 0 Å². The number of para-hydroxylation sites is 1. The Morgan fingerprint density at radius 2 is 1.81 bits per heavy atom. The van der Waals surface area contributed by atoms with Crippen LogP contribution in [0.1, 0.15) is 18.1 Å². The maximum atomic E-state index is 12.7. The highest BCUT2D eigenvalue weighted by molar-refractivity contribution is 7.99. The quantitative estimate of drug-likeness (QED) is 0.333. The molecule has 32 heavy (non-hydrogen) atoms. The summed E-state index contributed by atoms with van der Waals surface area (Å²) in [6.07, 6.45) is 0.855. The first kappa shape index (κ1) is 22.1. The second-order valence-corrected chi connectivity index (χ2v) is 8.71. The number of rotatable bonds is 7. The van der Waals surface area contributed by atoms with Crippen LogP contribution >= 0.6 is 23.4 Å². The van der Waals surface area contributed by atoms with Gasteiger partial charge in [0, 0.05) is 22.0 Å². The lowest BCUT2D eigenvalue weighted by molar-refractivity contribution is -0.113. The number of benzene rings is 3. The van der Waals surface area contributed by atoms with E-state index in [1.165, 1.54) is 11.8 Å². The molecule has 1 amide bonds. The highest BCUT2D eigenvalue weighted by Crippen LogP contribution is 2.29. The molecule has 0 unspecified atom stereocenters. The Morgan fingerprint density at radius 3 is 2.56 bits per heavy atom. The maximum absolute atomic E-state index is 12.7. The number of nitrogens with zero attached hydrogens (tertiary/aromatic N) is 3. The third-order valence-electron chi connectivity index (χ3n) is 5.01. The van der Waals surface area contributed by atoms with Crippen molar-refractivity contribution in [2.75, 3.05) is 11.1 Å². The van der Waals surface area contributed by atoms with E-state index in [4.69, 9.17) is 11.6 Å². The molecular formula is C25H23ClN4OS. The van der Waals surface area contributed by atoms with E-state index in [1.54, 1.807) is 0 Å². The number of aromatic nitrogens is 3. The molecule has 0 aliphatic rings. The Bertz CT molecular complexity index is 1240. The van der Waals surface area contributed by atoms with Gasteiger partial charge in [-0.2, -0.15) is 0 Å². The van der Waals surface area contributed by atoms with Crippen molar-refractivity contribution < 1.29 is 4.79 Å². The molecule has 0 bridgehead atoms. The van der Waals surface area contributed by atoms with Crippen LogP contribution in [0.3, 0.4) is 0 Å². The standard InChI is InChI=1S/C25H23ClN4OS/c1-3-18-7-4-5-10-22(18)27-23(31)16-32-25-29-28-24(19-8-6-9-20(26)15-19)30(25)21-13-11-17(2)12-14-21/h4-15H,3,16H2,1-2H3,(H,27,31). The highest BCUT2D eigenvalue weighted by atomic mass is 35.5. The maximum Gasteiger partial charge on any atom is 0.234 e. The van der Waals surface area contributed by atoms with Crippen molar-refractivity contribution in [1.82, 2.24) is 14.8 Å². The van der Waals surface area contributed by atoms with Gasteiger partial charge in [-0.3, -0.25) is 9.36 Å². The second-order valence-electron chi connectivity index (χ2n) is 7.34. The minimum absolute atomic E-state index is 0.0846. The molecule has 4 aromatic rings. The molecule has 1 aromatic heterocycles. The van der Waals surface area contributed by atoms with E-state index >= 15 is 0 Å². The first-order chi connectivity index (χ1) is 15.5. The SMILES string of the molecule is CCc1ccccc1NC(=O)CSc1nnc(-c2cccc(Cl)c2)n1-c1ccc(C)cc1. The highest BCUT2D eigenvalue weighted by Gasteiger charge is 2.18. The normalized spacial score (nSPS) is 10.8. The van der Waals surface area contributed by atoms with E-state index in [9.17, 15) is 4.79 Å². The molecule has 162 valence electrons. The van der Waals surface area contributed by atoms with E-state index in [1.807, 2.05) is 84.3 Å². The summed E-state index contributed by atoms with van der Waals surface area (Å²) < 4.78 is 1.96. The zero-order valence-corrected chi connectivity index (χ0v) is 19.5. The van der Waals surface area contributed by atoms with E-state index in [-0.39, 0.29) is 11.7 Å². The summed E-state index contributed by atoms with van der Waals surface area (Å²) >= 11 is 7.56. The molecule has 0 atom stereocenters. The summed E-state index contributed by atoms with van der Waals surface area (Å²) in [5.41, 5.74) is 4.90. The molecule has 0 spiro atoms. The fourth-order valence-electron chi connectivity index (χ4n) is 3.37. The van der Waals surface area contributed by atoms with Crippen molar-refractivity contribution in [3.63, 3.8) is 0 Å². The number of carbonyl (C=O) groups is 1. The van der Waals surface area contributed by atoms with Crippen LogP contribution in [0, 0.1) is 6.92 Å². The van der Waals surface area contributed by atoms with E-state index in [0.717, 1.165) is 34.5 Å². The van der Waals surface area contributed by atoms with Crippen LogP contribution in [0.25, 0.3) is 17.1 Å². The minimum atomic E-state index is -0.0846. The molecule has 1 N–H and O–H groups in total. The predicted molar refractivity (Wildman–Crippen MR) is 132 cm³/mol. The fraction of sp³-hybridized carbons (Fsp3) is 0.160. The van der Waals surface area contributed by atoms with Crippen molar-refractivity contribution in [2.24, 2.45) is 0 Å². The summed E-state index contributed by atoms with van der Waals surface area (Å²) in [5.74, 6) is 0.812. The van der Waals surface area contributed by atoms with Crippen molar-refractivity contribution in [3.8, 4) is 17.1 Å². The third-order valence-corrected chi connectivity index (χ3v) is 6.18. The van der Waals surface area contributed by atoms with Gasteiger partial charge in [0.15, 0.2) is 11.0 Å². The predicted octanol–water partition coefficient (Wildman–Crippen LogP) is 6.19. The van der Waals surface area contributed by atoms with Gasteiger partial charge in [0.1, 0.15) is 0 Å². The van der Waals surface area contributed by atoms with Crippen LogP contribution in [0.2, 0.25) is 5.02 Å². The van der Waals surface area contributed by atoms with E-state index in [0.29, 0.717) is 16.0 Å². The van der Waals surface area contributed by atoms with Gasteiger partial charge in [0.25, 0.3) is 0 Å². The molecule has 0 fully saturated rings. The smallest absolute Gasteiger partial charge is 0.234 e. The van der Waals surface area contributed by atoms with Gasteiger partial charge in [-0.15, -0.1) is 10.2 Å². The summed E-state index contributed by atoms with van der Waals surface area (Å²) in [7, 11) is 0. The monoisotopic (exact) mass is 462 g/mol. The average molecular weight is 463 g/mol. The van der Waals surface area contributed by atoms with Crippen LogP contribution in [-0.4, -0.2) is 26.4 Å². The molecule has 0 saturated heterocycles. The largest absolute Gasteiger partial charge is 0.325 e. The number of hydrogen-bond donors (Lipinski definition) is 1. The summed E-state index contributed by atoms with van der Waals surface area (Å²) in [5, 5.41) is 13.1. The zero-order chi connectivity index (χ0) is 22.5. The summed E-state index contributed by atoms with van der Waals surface area (Å²) in [6, 6.07) is 23.5. The lowest BCUT2D eigenvalue weighted by atomic mass is 10.1. The first-order valence-electron chi connectivity index (χ1n) is 10.3. The van der Waals surface area contributed by atoms with Crippen molar-refractivity contribution in [3.05, 3.63) is 88.9 Å². The van der Waals surface area contributed by atoms with Crippen molar-refractivity contribution in [1.29, 1.82) is 0 Å². The average Bonchev–Trinajstić information content (AvgIpc) is 3.22. The molecular weight excluding hydrogens is 440 g/mol. The Morgan fingerprint density at radius 1 is 1.03 bits per heavy atom. The molecule has 0 radical (unpaired) electrons. The van der Waals surface area contributed by atoms with Gasteiger partial charge < -0.3 is 5.32 Å². The molecule has 5 nitrogen and oxygen atoms in total. The number of thioether (sulfide) groups is 1. The van der Waals surface area contributed by atoms with Crippen molar-refractivity contribution in [2.45, 2.75) is 25.4 Å². The number of hydrogen-bond acceptors (Lipinski definition) is 4. The number of aryl methyl sites for hydroxylation is 2. The lowest BCUT2D eigenvalue weighted by Gasteiger charge is -2.12. The van der Waals surface area contributed by atoms with Gasteiger partial charge in [-0.05, 0) is 49.2 Å². The molecule has 0 aliphatic carbocycles. The lowest BCUT2D eigenvalue weighted by Crippen LogP contribution is -2.15. The number of halogens is 1. The minimum Gasteiger partial charge on any atom is -0.325 e. The van der Waals surface area contributed by atoms with Crippen LogP contribution in [0.4, 0.5) is 5.69 Å². The van der Waals surface area contributed by atoms with Crippen LogP contribution < -0.4 is 5.32 Å². The first-order valence-corrected chi connectivity index (χ1v) is 11.7. The Hall–Kier alpha value is -3.09.